The molecule has 5 heteroatoms. The Bertz CT molecular complexity index is 1070. The number of nitrogens with zero attached hydrogens (tertiary/aromatic N) is 1. The van der Waals surface area contributed by atoms with Crippen LogP contribution >= 0.6 is 0 Å². The van der Waals surface area contributed by atoms with Gasteiger partial charge < -0.3 is 10.1 Å². The van der Waals surface area contributed by atoms with Gasteiger partial charge in [0.1, 0.15) is 11.6 Å². The quantitative estimate of drug-likeness (QED) is 0.522. The molecule has 1 aliphatic heterocycles. The molecule has 0 spiro atoms. The van der Waals surface area contributed by atoms with E-state index < -0.39 is 11.7 Å². The zero-order valence-electron chi connectivity index (χ0n) is 18.8. The molecule has 1 heterocycles. The SMILES string of the molecule is CNC(=O)c1cc(C2CC2)c(OCC2CN(C(c3ccccc3)c3ccccc3)C2)cc1F. The monoisotopic (exact) mass is 444 g/mol. The number of nitrogens with one attached hydrogen (secondary N) is 1. The van der Waals surface area contributed by atoms with Gasteiger partial charge in [-0.25, -0.2) is 4.39 Å². The minimum atomic E-state index is -0.530. The van der Waals surface area contributed by atoms with Crippen molar-refractivity contribution in [3.63, 3.8) is 0 Å². The van der Waals surface area contributed by atoms with E-state index in [1.54, 1.807) is 6.07 Å². The van der Waals surface area contributed by atoms with Gasteiger partial charge in [-0.1, -0.05) is 60.7 Å². The second-order valence-electron chi connectivity index (χ2n) is 9.08. The Kier molecular flexibility index (Phi) is 6.14. The first-order chi connectivity index (χ1) is 16.1. The molecular weight excluding hydrogens is 415 g/mol. The maximum Gasteiger partial charge on any atom is 0.254 e. The van der Waals surface area contributed by atoms with E-state index in [0.29, 0.717) is 24.2 Å². The molecular formula is C28H29FN2O2. The fraction of sp³-hybridized carbons (Fsp3) is 0.321. The number of hydrogen-bond donors (Lipinski definition) is 1. The van der Waals surface area contributed by atoms with E-state index in [-0.39, 0.29) is 11.6 Å². The first-order valence-electron chi connectivity index (χ1n) is 11.7. The standard InChI is InChI=1S/C28H29FN2O2/c1-30-28(32)24-14-23(20-12-13-20)26(15-25(24)29)33-18-19-16-31(17-19)27(21-8-4-2-5-9-21)22-10-6-3-7-11-22/h2-11,14-15,19-20,27H,12-13,16-18H2,1H3,(H,30,32). The second-order valence-corrected chi connectivity index (χ2v) is 9.08. The largest absolute Gasteiger partial charge is 0.493 e. The van der Waals surface area contributed by atoms with Gasteiger partial charge in [-0.15, -0.1) is 0 Å². The van der Waals surface area contributed by atoms with E-state index in [1.807, 2.05) is 12.1 Å². The molecule has 1 amide bonds. The number of ether oxygens (including phenoxy) is 1. The molecule has 1 N–H and O–H groups in total. The van der Waals surface area contributed by atoms with E-state index in [4.69, 9.17) is 4.74 Å². The molecule has 5 rings (SSSR count). The minimum absolute atomic E-state index is 0.0927. The maximum absolute atomic E-state index is 14.6. The van der Waals surface area contributed by atoms with Crippen LogP contribution in [0.3, 0.4) is 0 Å². The predicted molar refractivity (Wildman–Crippen MR) is 127 cm³/mol. The van der Waals surface area contributed by atoms with Gasteiger partial charge in [-0.3, -0.25) is 9.69 Å². The number of rotatable bonds is 8. The molecule has 0 atom stereocenters. The molecule has 0 bridgehead atoms. The normalized spacial score (nSPS) is 16.5. The van der Waals surface area contributed by atoms with Crippen molar-refractivity contribution in [1.29, 1.82) is 0 Å². The van der Waals surface area contributed by atoms with Crippen molar-refractivity contribution >= 4 is 5.91 Å². The molecule has 170 valence electrons. The molecule has 33 heavy (non-hydrogen) atoms. The van der Waals surface area contributed by atoms with Gasteiger partial charge in [-0.2, -0.15) is 0 Å². The third kappa shape index (κ3) is 4.64. The molecule has 3 aromatic rings. The van der Waals surface area contributed by atoms with Crippen LogP contribution in [0.5, 0.6) is 5.75 Å². The summed E-state index contributed by atoms with van der Waals surface area (Å²) in [5, 5.41) is 2.51. The lowest BCUT2D eigenvalue weighted by Crippen LogP contribution is -2.51. The Labute approximate surface area is 194 Å². The fourth-order valence-corrected chi connectivity index (χ4v) is 4.74. The zero-order chi connectivity index (χ0) is 22.8. The summed E-state index contributed by atoms with van der Waals surface area (Å²) in [6.45, 7) is 2.39. The highest BCUT2D eigenvalue weighted by Gasteiger charge is 2.35. The summed E-state index contributed by atoms with van der Waals surface area (Å²) >= 11 is 0. The summed E-state index contributed by atoms with van der Waals surface area (Å²) < 4.78 is 20.7. The van der Waals surface area contributed by atoms with Crippen molar-refractivity contribution in [2.24, 2.45) is 5.92 Å². The molecule has 1 saturated heterocycles. The lowest BCUT2D eigenvalue weighted by atomic mass is 9.90. The summed E-state index contributed by atoms with van der Waals surface area (Å²) in [5.41, 5.74) is 3.62. The van der Waals surface area contributed by atoms with Crippen LogP contribution < -0.4 is 10.1 Å². The lowest BCUT2D eigenvalue weighted by Gasteiger charge is -2.44. The van der Waals surface area contributed by atoms with Gasteiger partial charge in [0.2, 0.25) is 0 Å². The first-order valence-corrected chi connectivity index (χ1v) is 11.7. The molecule has 3 aromatic carbocycles. The highest BCUT2D eigenvalue weighted by molar-refractivity contribution is 5.94. The van der Waals surface area contributed by atoms with E-state index in [9.17, 15) is 9.18 Å². The minimum Gasteiger partial charge on any atom is -0.493 e. The summed E-state index contributed by atoms with van der Waals surface area (Å²) in [5.74, 6) is 0.403. The van der Waals surface area contributed by atoms with Gasteiger partial charge in [-0.05, 0) is 41.5 Å². The number of carbonyl (C=O) groups excluding carboxylic acids is 1. The number of halogens is 1. The third-order valence-corrected chi connectivity index (χ3v) is 6.64. The molecule has 1 aliphatic carbocycles. The third-order valence-electron chi connectivity index (χ3n) is 6.64. The highest BCUT2D eigenvalue weighted by Crippen LogP contribution is 2.45. The maximum atomic E-state index is 14.6. The van der Waals surface area contributed by atoms with Crippen LogP contribution in [0.1, 0.15) is 51.8 Å². The number of carbonyl (C=O) groups is 1. The number of hydrogen-bond acceptors (Lipinski definition) is 3. The number of amides is 1. The summed E-state index contributed by atoms with van der Waals surface area (Å²) in [4.78, 5) is 14.5. The first kappa shape index (κ1) is 21.7. The smallest absolute Gasteiger partial charge is 0.254 e. The summed E-state index contributed by atoms with van der Waals surface area (Å²) in [7, 11) is 1.52. The zero-order valence-corrected chi connectivity index (χ0v) is 18.8. The van der Waals surface area contributed by atoms with Crippen molar-refractivity contribution in [3.8, 4) is 5.75 Å². The number of likely N-dealkylation sites (tertiary alicyclic amines) is 1. The van der Waals surface area contributed by atoms with Crippen LogP contribution in [-0.4, -0.2) is 37.6 Å². The van der Waals surface area contributed by atoms with Crippen molar-refractivity contribution in [2.75, 3.05) is 26.7 Å². The Balaban J connectivity index is 1.27. The van der Waals surface area contributed by atoms with Gasteiger partial charge >= 0.3 is 0 Å². The lowest BCUT2D eigenvalue weighted by molar-refractivity contribution is 0.0375. The average molecular weight is 445 g/mol. The molecule has 2 fully saturated rings. The van der Waals surface area contributed by atoms with Gasteiger partial charge in [0, 0.05) is 32.1 Å². The molecule has 1 saturated carbocycles. The van der Waals surface area contributed by atoms with E-state index in [0.717, 1.165) is 31.5 Å². The van der Waals surface area contributed by atoms with Crippen LogP contribution in [0.4, 0.5) is 4.39 Å². The van der Waals surface area contributed by atoms with E-state index in [1.165, 1.54) is 24.2 Å². The molecule has 0 aromatic heterocycles. The van der Waals surface area contributed by atoms with Gasteiger partial charge in [0.15, 0.2) is 0 Å². The molecule has 2 aliphatic rings. The van der Waals surface area contributed by atoms with E-state index >= 15 is 0 Å². The Morgan fingerprint density at radius 3 is 2.18 bits per heavy atom. The van der Waals surface area contributed by atoms with Gasteiger partial charge in [0.25, 0.3) is 5.91 Å². The Morgan fingerprint density at radius 1 is 1.03 bits per heavy atom. The van der Waals surface area contributed by atoms with Crippen LogP contribution in [0.2, 0.25) is 0 Å². The Hall–Kier alpha value is -3.18. The van der Waals surface area contributed by atoms with E-state index in [2.05, 4.69) is 58.7 Å². The average Bonchev–Trinajstić information content (AvgIpc) is 3.66. The highest BCUT2D eigenvalue weighted by atomic mass is 19.1. The number of benzene rings is 3. The Morgan fingerprint density at radius 2 is 1.64 bits per heavy atom. The molecule has 4 nitrogen and oxygen atoms in total. The van der Waals surface area contributed by atoms with Gasteiger partial charge in [0.05, 0.1) is 18.2 Å². The summed E-state index contributed by atoms with van der Waals surface area (Å²) in [6.07, 6.45) is 2.12. The van der Waals surface area contributed by atoms with Crippen molar-refractivity contribution < 1.29 is 13.9 Å². The van der Waals surface area contributed by atoms with Crippen LogP contribution in [-0.2, 0) is 0 Å². The van der Waals surface area contributed by atoms with Crippen molar-refractivity contribution in [1.82, 2.24) is 10.2 Å². The van der Waals surface area contributed by atoms with Crippen LogP contribution in [0.15, 0.2) is 72.8 Å². The second kappa shape index (κ2) is 9.36. The van der Waals surface area contributed by atoms with Crippen LogP contribution in [0, 0.1) is 11.7 Å². The van der Waals surface area contributed by atoms with Crippen molar-refractivity contribution in [2.45, 2.75) is 24.8 Å². The molecule has 0 unspecified atom stereocenters. The summed E-state index contributed by atoms with van der Waals surface area (Å²) in [6, 6.07) is 24.4. The van der Waals surface area contributed by atoms with Crippen LogP contribution in [0.25, 0.3) is 0 Å². The van der Waals surface area contributed by atoms with Crippen molar-refractivity contribution in [3.05, 3.63) is 101 Å². The predicted octanol–water partition coefficient (Wildman–Crippen LogP) is 5.16. The topological polar surface area (TPSA) is 41.6 Å². The fourth-order valence-electron chi connectivity index (χ4n) is 4.74. The molecule has 0 radical (unpaired) electrons.